The van der Waals surface area contributed by atoms with Gasteiger partial charge in [0.15, 0.2) is 0 Å². The molecule has 2 nitrogen and oxygen atoms in total. The summed E-state index contributed by atoms with van der Waals surface area (Å²) in [5.41, 5.74) is 3.34. The lowest BCUT2D eigenvalue weighted by atomic mass is 10.0. The van der Waals surface area contributed by atoms with Crippen LogP contribution >= 0.6 is 46.4 Å². The average molecular weight is 394 g/mol. The molecule has 0 radical (unpaired) electrons. The van der Waals surface area contributed by atoms with Gasteiger partial charge in [-0.05, 0) is 35.9 Å². The van der Waals surface area contributed by atoms with Gasteiger partial charge in [-0.1, -0.05) is 58.5 Å². The number of pyridine rings is 1. The van der Waals surface area contributed by atoms with Crippen molar-refractivity contribution in [3.8, 4) is 28.5 Å². The zero-order valence-electron chi connectivity index (χ0n) is 12.0. The molecule has 0 unspecified atom stereocenters. The smallest absolute Gasteiger partial charge is 0.0999 e. The molecule has 0 amide bonds. The van der Waals surface area contributed by atoms with Gasteiger partial charge in [0.1, 0.15) is 0 Å². The molecule has 0 aliphatic heterocycles. The van der Waals surface area contributed by atoms with E-state index in [-0.39, 0.29) is 0 Å². The van der Waals surface area contributed by atoms with Crippen molar-refractivity contribution in [3.63, 3.8) is 0 Å². The predicted octanol–water partition coefficient (Wildman–Crippen LogP) is 6.90. The third kappa shape index (κ3) is 3.36. The summed E-state index contributed by atoms with van der Waals surface area (Å²) in [6.07, 6.45) is 1.63. The van der Waals surface area contributed by atoms with Gasteiger partial charge in [-0.15, -0.1) is 0 Å². The van der Waals surface area contributed by atoms with Crippen LogP contribution < -0.4 is 0 Å². The van der Waals surface area contributed by atoms with Crippen molar-refractivity contribution in [1.29, 1.82) is 5.26 Å². The van der Waals surface area contributed by atoms with E-state index in [4.69, 9.17) is 46.4 Å². The molecule has 24 heavy (non-hydrogen) atoms. The van der Waals surface area contributed by atoms with E-state index in [2.05, 4.69) is 11.1 Å². The summed E-state index contributed by atoms with van der Waals surface area (Å²) in [5, 5.41) is 11.3. The normalized spacial score (nSPS) is 10.5. The number of benzene rings is 2. The summed E-state index contributed by atoms with van der Waals surface area (Å²) in [6, 6.07) is 14.3. The van der Waals surface area contributed by atoms with Crippen LogP contribution in [0.5, 0.6) is 0 Å². The van der Waals surface area contributed by atoms with Crippen molar-refractivity contribution < 1.29 is 0 Å². The fourth-order valence-corrected chi connectivity index (χ4v) is 2.85. The van der Waals surface area contributed by atoms with Gasteiger partial charge >= 0.3 is 0 Å². The molecule has 118 valence electrons. The molecule has 6 heteroatoms. The van der Waals surface area contributed by atoms with Crippen LogP contribution in [0.25, 0.3) is 22.4 Å². The Bertz CT molecular complexity index is 977. The van der Waals surface area contributed by atoms with Crippen LogP contribution in [0.4, 0.5) is 0 Å². The highest BCUT2D eigenvalue weighted by Gasteiger charge is 2.11. The van der Waals surface area contributed by atoms with Gasteiger partial charge in [-0.25, -0.2) is 0 Å². The Hall–Kier alpha value is -1.76. The Balaban J connectivity index is 2.10. The van der Waals surface area contributed by atoms with Gasteiger partial charge in [0.2, 0.25) is 0 Å². The summed E-state index contributed by atoms with van der Waals surface area (Å²) in [5.74, 6) is 0. The van der Waals surface area contributed by atoms with E-state index in [0.29, 0.717) is 36.9 Å². The Kier molecular flexibility index (Phi) is 4.99. The van der Waals surface area contributed by atoms with Gasteiger partial charge < -0.3 is 0 Å². The summed E-state index contributed by atoms with van der Waals surface area (Å²) >= 11 is 24.0. The van der Waals surface area contributed by atoms with Gasteiger partial charge in [-0.3, -0.25) is 4.98 Å². The molecular formula is C18H8Cl4N2. The van der Waals surface area contributed by atoms with E-state index < -0.39 is 0 Å². The highest BCUT2D eigenvalue weighted by Crippen LogP contribution is 2.32. The minimum absolute atomic E-state index is 0.423. The van der Waals surface area contributed by atoms with Crippen molar-refractivity contribution in [2.75, 3.05) is 0 Å². The second-order valence-electron chi connectivity index (χ2n) is 4.98. The van der Waals surface area contributed by atoms with Gasteiger partial charge in [0, 0.05) is 17.3 Å². The predicted molar refractivity (Wildman–Crippen MR) is 99.9 cm³/mol. The SMILES string of the molecule is N#Cc1cc(-c2ccc(Cl)c(Cl)c2)ncc1-c1ccc(Cl)c(Cl)c1. The maximum absolute atomic E-state index is 9.49. The highest BCUT2D eigenvalue weighted by molar-refractivity contribution is 6.42. The highest BCUT2D eigenvalue weighted by atomic mass is 35.5. The monoisotopic (exact) mass is 392 g/mol. The van der Waals surface area contributed by atoms with E-state index in [9.17, 15) is 5.26 Å². The van der Waals surface area contributed by atoms with Crippen molar-refractivity contribution >= 4 is 46.4 Å². The number of hydrogen-bond donors (Lipinski definition) is 0. The Labute approximate surface area is 159 Å². The van der Waals surface area contributed by atoms with Gasteiger partial charge in [0.05, 0.1) is 37.4 Å². The lowest BCUT2D eigenvalue weighted by Gasteiger charge is -2.08. The lowest BCUT2D eigenvalue weighted by Crippen LogP contribution is -1.91. The van der Waals surface area contributed by atoms with Crippen LogP contribution in [0, 0.1) is 11.3 Å². The molecule has 0 aliphatic rings. The summed E-state index contributed by atoms with van der Waals surface area (Å²) in [4.78, 5) is 4.43. The maximum Gasteiger partial charge on any atom is 0.0999 e. The molecule has 1 heterocycles. The average Bonchev–Trinajstić information content (AvgIpc) is 2.59. The third-order valence-electron chi connectivity index (χ3n) is 3.47. The molecule has 3 rings (SSSR count). The minimum atomic E-state index is 0.423. The second kappa shape index (κ2) is 7.01. The first-order chi connectivity index (χ1) is 11.5. The zero-order chi connectivity index (χ0) is 17.3. The fraction of sp³-hybridized carbons (Fsp3) is 0. The van der Waals surface area contributed by atoms with E-state index in [1.807, 2.05) is 0 Å². The van der Waals surface area contributed by atoms with Crippen LogP contribution in [0.3, 0.4) is 0 Å². The first-order valence-electron chi connectivity index (χ1n) is 6.80. The molecule has 0 atom stereocenters. The molecule has 2 aromatic carbocycles. The van der Waals surface area contributed by atoms with Gasteiger partial charge in [-0.2, -0.15) is 5.26 Å². The minimum Gasteiger partial charge on any atom is -0.256 e. The number of nitrogens with zero attached hydrogens (tertiary/aromatic N) is 2. The zero-order valence-corrected chi connectivity index (χ0v) is 15.0. The topological polar surface area (TPSA) is 36.7 Å². The molecule has 0 saturated heterocycles. The third-order valence-corrected chi connectivity index (χ3v) is 4.95. The Morgan fingerprint density at radius 1 is 0.750 bits per heavy atom. The summed E-state index contributed by atoms with van der Waals surface area (Å²) < 4.78 is 0. The second-order valence-corrected chi connectivity index (χ2v) is 6.61. The van der Waals surface area contributed by atoms with E-state index in [1.54, 1.807) is 48.7 Å². The molecule has 0 N–H and O–H groups in total. The van der Waals surface area contributed by atoms with Crippen molar-refractivity contribution in [2.24, 2.45) is 0 Å². The quantitative estimate of drug-likeness (QED) is 0.474. The molecule has 3 aromatic rings. The van der Waals surface area contributed by atoms with Crippen molar-refractivity contribution in [2.45, 2.75) is 0 Å². The lowest BCUT2D eigenvalue weighted by molar-refractivity contribution is 1.31. The van der Waals surface area contributed by atoms with Crippen LogP contribution in [0.2, 0.25) is 20.1 Å². The summed E-state index contributed by atoms with van der Waals surface area (Å²) in [6.45, 7) is 0. The maximum atomic E-state index is 9.49. The molecule has 1 aromatic heterocycles. The van der Waals surface area contributed by atoms with E-state index >= 15 is 0 Å². The Morgan fingerprint density at radius 2 is 1.33 bits per heavy atom. The largest absolute Gasteiger partial charge is 0.256 e. The first-order valence-corrected chi connectivity index (χ1v) is 8.32. The molecular weight excluding hydrogens is 386 g/mol. The molecule has 0 aliphatic carbocycles. The number of aromatic nitrogens is 1. The fourth-order valence-electron chi connectivity index (χ4n) is 2.25. The number of rotatable bonds is 2. The van der Waals surface area contributed by atoms with Gasteiger partial charge in [0.25, 0.3) is 0 Å². The molecule has 0 fully saturated rings. The van der Waals surface area contributed by atoms with Crippen LogP contribution in [0.15, 0.2) is 48.7 Å². The van der Waals surface area contributed by atoms with Crippen molar-refractivity contribution in [1.82, 2.24) is 4.98 Å². The first kappa shape index (κ1) is 17.1. The van der Waals surface area contributed by atoms with E-state index in [1.165, 1.54) is 0 Å². The summed E-state index contributed by atoms with van der Waals surface area (Å²) in [7, 11) is 0. The van der Waals surface area contributed by atoms with E-state index in [0.717, 1.165) is 11.1 Å². The number of hydrogen-bond acceptors (Lipinski definition) is 2. The number of nitriles is 1. The Morgan fingerprint density at radius 3 is 1.92 bits per heavy atom. The molecule has 0 bridgehead atoms. The van der Waals surface area contributed by atoms with Crippen LogP contribution in [-0.4, -0.2) is 4.98 Å². The molecule has 0 spiro atoms. The van der Waals surface area contributed by atoms with Crippen LogP contribution in [0.1, 0.15) is 5.56 Å². The molecule has 0 saturated carbocycles. The standard InChI is InChI=1S/C18H8Cl4N2/c19-14-3-1-10(5-16(14)21)13-9-24-18(7-12(13)8-23)11-2-4-15(20)17(22)6-11/h1-7,9H. The van der Waals surface area contributed by atoms with Crippen LogP contribution in [-0.2, 0) is 0 Å². The van der Waals surface area contributed by atoms with Crippen molar-refractivity contribution in [3.05, 3.63) is 74.3 Å². The number of halogens is 4.